The third kappa shape index (κ3) is 3.93. The second-order valence-electron chi connectivity index (χ2n) is 7.74. The monoisotopic (exact) mass is 325 g/mol. The molecule has 24 heavy (non-hydrogen) atoms. The van der Waals surface area contributed by atoms with E-state index in [2.05, 4.69) is 55.0 Å². The second-order valence-corrected chi connectivity index (χ2v) is 7.74. The van der Waals surface area contributed by atoms with Crippen LogP contribution in [0.25, 0.3) is 0 Å². The Morgan fingerprint density at radius 1 is 1.12 bits per heavy atom. The van der Waals surface area contributed by atoms with Crippen LogP contribution < -0.4 is 5.56 Å². The third-order valence-corrected chi connectivity index (χ3v) is 4.75. The summed E-state index contributed by atoms with van der Waals surface area (Å²) in [6.07, 6.45) is 2.31. The van der Waals surface area contributed by atoms with E-state index in [9.17, 15) is 4.79 Å². The molecular formula is C20H27N3O. The fourth-order valence-corrected chi connectivity index (χ4v) is 3.31. The minimum absolute atomic E-state index is 0.00504. The van der Waals surface area contributed by atoms with E-state index in [0.29, 0.717) is 12.6 Å². The first-order valence-electron chi connectivity index (χ1n) is 8.80. The molecule has 2 aromatic rings. The Kier molecular flexibility index (Phi) is 4.86. The number of benzene rings is 1. The van der Waals surface area contributed by atoms with Gasteiger partial charge in [-0.15, -0.1) is 0 Å². The summed E-state index contributed by atoms with van der Waals surface area (Å²) in [4.78, 5) is 14.7. The summed E-state index contributed by atoms with van der Waals surface area (Å²) in [7, 11) is 0. The van der Waals surface area contributed by atoms with Crippen molar-refractivity contribution in [2.75, 3.05) is 6.54 Å². The summed E-state index contributed by atoms with van der Waals surface area (Å²) in [5.74, 6) is 0. The van der Waals surface area contributed by atoms with Crippen molar-refractivity contribution >= 4 is 0 Å². The Bertz CT molecular complexity index is 731. The molecule has 4 heteroatoms. The van der Waals surface area contributed by atoms with Gasteiger partial charge in [-0.05, 0) is 31.0 Å². The van der Waals surface area contributed by atoms with Crippen molar-refractivity contribution < 1.29 is 0 Å². The van der Waals surface area contributed by atoms with Gasteiger partial charge in [0.1, 0.15) is 0 Å². The molecule has 3 rings (SSSR count). The van der Waals surface area contributed by atoms with E-state index in [1.807, 2.05) is 12.1 Å². The predicted molar refractivity (Wildman–Crippen MR) is 97.1 cm³/mol. The van der Waals surface area contributed by atoms with Crippen LogP contribution in [-0.4, -0.2) is 27.3 Å². The molecule has 2 heterocycles. The highest BCUT2D eigenvalue weighted by Crippen LogP contribution is 2.22. The van der Waals surface area contributed by atoms with Gasteiger partial charge in [0.15, 0.2) is 0 Å². The van der Waals surface area contributed by atoms with Crippen LogP contribution in [0, 0.1) is 0 Å². The van der Waals surface area contributed by atoms with Crippen LogP contribution in [0.15, 0.2) is 47.3 Å². The van der Waals surface area contributed by atoms with E-state index in [1.54, 1.807) is 10.7 Å². The van der Waals surface area contributed by atoms with E-state index in [1.165, 1.54) is 12.0 Å². The van der Waals surface area contributed by atoms with Gasteiger partial charge >= 0.3 is 0 Å². The van der Waals surface area contributed by atoms with E-state index < -0.39 is 0 Å². The molecule has 1 unspecified atom stereocenters. The molecule has 0 radical (unpaired) electrons. The standard InChI is InChI=1S/C20H27N3O/c1-20(2,3)18-11-12-19(24)23(21-18)15-17-10-7-13-22(17)14-16-8-5-4-6-9-16/h4-6,8-9,11-12,17H,7,10,13-15H2,1-3H3. The van der Waals surface area contributed by atoms with Gasteiger partial charge in [0, 0.05) is 24.1 Å². The molecule has 1 aliphatic heterocycles. The van der Waals surface area contributed by atoms with Gasteiger partial charge in [-0.2, -0.15) is 5.10 Å². The summed E-state index contributed by atoms with van der Waals surface area (Å²) < 4.78 is 1.66. The summed E-state index contributed by atoms with van der Waals surface area (Å²) in [5.41, 5.74) is 2.24. The van der Waals surface area contributed by atoms with Crippen LogP contribution in [0.1, 0.15) is 44.9 Å². The highest BCUT2D eigenvalue weighted by molar-refractivity contribution is 5.15. The first-order valence-corrected chi connectivity index (χ1v) is 8.80. The summed E-state index contributed by atoms with van der Waals surface area (Å²) in [5, 5.41) is 4.63. The fraction of sp³-hybridized carbons (Fsp3) is 0.500. The van der Waals surface area contributed by atoms with Crippen molar-refractivity contribution in [3.05, 3.63) is 64.1 Å². The van der Waals surface area contributed by atoms with Crippen LogP contribution in [-0.2, 0) is 18.5 Å². The number of likely N-dealkylation sites (tertiary alicyclic amines) is 1. The van der Waals surface area contributed by atoms with Crippen molar-refractivity contribution in [1.29, 1.82) is 0 Å². The molecule has 1 aromatic heterocycles. The number of aromatic nitrogens is 2. The average Bonchev–Trinajstić information content (AvgIpc) is 2.96. The zero-order valence-electron chi connectivity index (χ0n) is 14.9. The Morgan fingerprint density at radius 2 is 1.88 bits per heavy atom. The fourth-order valence-electron chi connectivity index (χ4n) is 3.31. The molecule has 0 N–H and O–H groups in total. The summed E-state index contributed by atoms with van der Waals surface area (Å²) in [6, 6.07) is 14.4. The maximum atomic E-state index is 12.2. The number of hydrogen-bond acceptors (Lipinski definition) is 3. The lowest BCUT2D eigenvalue weighted by Crippen LogP contribution is -2.37. The zero-order chi connectivity index (χ0) is 17.2. The molecule has 0 saturated carbocycles. The average molecular weight is 325 g/mol. The van der Waals surface area contributed by atoms with Gasteiger partial charge in [-0.3, -0.25) is 9.69 Å². The van der Waals surface area contributed by atoms with Crippen LogP contribution in [0.4, 0.5) is 0 Å². The van der Waals surface area contributed by atoms with Gasteiger partial charge in [0.25, 0.3) is 5.56 Å². The Hall–Kier alpha value is -1.94. The molecule has 1 atom stereocenters. The maximum absolute atomic E-state index is 12.2. The van der Waals surface area contributed by atoms with Gasteiger partial charge in [0.2, 0.25) is 0 Å². The number of nitrogens with zero attached hydrogens (tertiary/aromatic N) is 3. The van der Waals surface area contributed by atoms with Crippen LogP contribution >= 0.6 is 0 Å². The molecular weight excluding hydrogens is 298 g/mol. The first-order chi connectivity index (χ1) is 11.4. The SMILES string of the molecule is CC(C)(C)c1ccc(=O)n(CC2CCCN2Cc2ccccc2)n1. The molecule has 0 spiro atoms. The lowest BCUT2D eigenvalue weighted by molar-refractivity contribution is 0.215. The van der Waals surface area contributed by atoms with E-state index >= 15 is 0 Å². The molecule has 1 aromatic carbocycles. The van der Waals surface area contributed by atoms with Crippen molar-refractivity contribution in [3.63, 3.8) is 0 Å². The van der Waals surface area contributed by atoms with Gasteiger partial charge in [-0.1, -0.05) is 51.1 Å². The molecule has 128 valence electrons. The minimum Gasteiger partial charge on any atom is -0.294 e. The van der Waals surface area contributed by atoms with Gasteiger partial charge in [0.05, 0.1) is 12.2 Å². The normalized spacial score (nSPS) is 18.9. The van der Waals surface area contributed by atoms with E-state index in [0.717, 1.165) is 25.2 Å². The van der Waals surface area contributed by atoms with E-state index in [-0.39, 0.29) is 11.0 Å². The second kappa shape index (κ2) is 6.89. The quantitative estimate of drug-likeness (QED) is 0.866. The maximum Gasteiger partial charge on any atom is 0.266 e. The van der Waals surface area contributed by atoms with Crippen LogP contribution in [0.5, 0.6) is 0 Å². The predicted octanol–water partition coefficient (Wildman–Crippen LogP) is 3.21. The third-order valence-electron chi connectivity index (χ3n) is 4.75. The summed E-state index contributed by atoms with van der Waals surface area (Å²) >= 11 is 0. The smallest absolute Gasteiger partial charge is 0.266 e. The molecule has 4 nitrogen and oxygen atoms in total. The largest absolute Gasteiger partial charge is 0.294 e. The van der Waals surface area contributed by atoms with Crippen LogP contribution in [0.2, 0.25) is 0 Å². The Balaban J connectivity index is 1.76. The topological polar surface area (TPSA) is 38.1 Å². The van der Waals surface area contributed by atoms with Crippen molar-refractivity contribution in [2.45, 2.75) is 58.2 Å². The number of rotatable bonds is 4. The Morgan fingerprint density at radius 3 is 2.58 bits per heavy atom. The highest BCUT2D eigenvalue weighted by Gasteiger charge is 2.26. The minimum atomic E-state index is -0.0468. The highest BCUT2D eigenvalue weighted by atomic mass is 16.1. The molecule has 0 amide bonds. The molecule has 0 bridgehead atoms. The summed E-state index contributed by atoms with van der Waals surface area (Å²) in [6.45, 7) is 9.09. The van der Waals surface area contributed by atoms with Gasteiger partial charge in [-0.25, -0.2) is 4.68 Å². The first kappa shape index (κ1) is 16.9. The molecule has 1 saturated heterocycles. The zero-order valence-corrected chi connectivity index (χ0v) is 14.9. The number of hydrogen-bond donors (Lipinski definition) is 0. The van der Waals surface area contributed by atoms with Crippen LogP contribution in [0.3, 0.4) is 0 Å². The van der Waals surface area contributed by atoms with Crippen molar-refractivity contribution in [3.8, 4) is 0 Å². The van der Waals surface area contributed by atoms with E-state index in [4.69, 9.17) is 0 Å². The molecule has 1 fully saturated rings. The Labute approximate surface area is 144 Å². The molecule has 0 aliphatic carbocycles. The molecule has 1 aliphatic rings. The van der Waals surface area contributed by atoms with Crippen molar-refractivity contribution in [1.82, 2.24) is 14.7 Å². The lowest BCUT2D eigenvalue weighted by atomic mass is 9.92. The van der Waals surface area contributed by atoms with Crippen molar-refractivity contribution in [2.24, 2.45) is 0 Å². The van der Waals surface area contributed by atoms with Gasteiger partial charge < -0.3 is 0 Å². The lowest BCUT2D eigenvalue weighted by Gasteiger charge is -2.25.